The second-order valence-corrected chi connectivity index (χ2v) is 8.74. The number of amides is 1. The Labute approximate surface area is 172 Å². The molecule has 8 nitrogen and oxygen atoms in total. The van der Waals surface area contributed by atoms with E-state index in [0.717, 1.165) is 12.8 Å². The van der Waals surface area contributed by atoms with Crippen molar-refractivity contribution < 1.29 is 27.5 Å². The molecule has 0 spiro atoms. The molecule has 0 aliphatic carbocycles. The molecule has 0 saturated carbocycles. The number of aryl methyl sites for hydroxylation is 1. The molecule has 9 heteroatoms. The summed E-state index contributed by atoms with van der Waals surface area (Å²) in [6.45, 7) is 3.72. The predicted octanol–water partition coefficient (Wildman–Crippen LogP) is 1.73. The van der Waals surface area contributed by atoms with Gasteiger partial charge in [0.1, 0.15) is 0 Å². The van der Waals surface area contributed by atoms with Gasteiger partial charge in [0, 0.05) is 31.6 Å². The van der Waals surface area contributed by atoms with Gasteiger partial charge in [0.2, 0.25) is 10.0 Å². The van der Waals surface area contributed by atoms with Crippen molar-refractivity contribution in [2.45, 2.75) is 43.9 Å². The third kappa shape index (κ3) is 6.52. The minimum Gasteiger partial charge on any atom is -0.469 e. The lowest BCUT2D eigenvalue weighted by molar-refractivity contribution is -0.140. The average Bonchev–Trinajstić information content (AvgIpc) is 2.75. The summed E-state index contributed by atoms with van der Waals surface area (Å²) in [5, 5.41) is 2.81. The zero-order chi connectivity index (χ0) is 21.3. The van der Waals surface area contributed by atoms with Gasteiger partial charge in [-0.3, -0.25) is 9.59 Å². The van der Waals surface area contributed by atoms with Crippen LogP contribution in [0.5, 0.6) is 0 Å². The van der Waals surface area contributed by atoms with Crippen LogP contribution in [-0.4, -0.2) is 64.6 Å². The number of nitrogens with one attached hydrogen (secondary N) is 1. The molecule has 1 saturated heterocycles. The molecule has 0 unspecified atom stereocenters. The highest BCUT2D eigenvalue weighted by Crippen LogP contribution is 2.23. The number of carbonyl (C=O) groups is 2. The first-order chi connectivity index (χ1) is 13.9. The first-order valence-electron chi connectivity index (χ1n) is 9.96. The van der Waals surface area contributed by atoms with Gasteiger partial charge in [0.05, 0.1) is 25.2 Å². The minimum atomic E-state index is -3.67. The van der Waals surface area contributed by atoms with E-state index in [1.165, 1.54) is 17.5 Å². The lowest BCUT2D eigenvalue weighted by Gasteiger charge is -2.27. The summed E-state index contributed by atoms with van der Waals surface area (Å²) in [6, 6.07) is 4.83. The Morgan fingerprint density at radius 2 is 1.90 bits per heavy atom. The molecule has 0 aromatic heterocycles. The summed E-state index contributed by atoms with van der Waals surface area (Å²) in [5.41, 5.74) is 1.01. The van der Waals surface area contributed by atoms with E-state index in [-0.39, 0.29) is 16.8 Å². The SMILES string of the molecule is CCc1ccc(C(=O)NCCCCCC(=O)OC)cc1S(=O)(=O)N1CCOCC1. The van der Waals surface area contributed by atoms with Crippen molar-refractivity contribution in [1.29, 1.82) is 0 Å². The quantitative estimate of drug-likeness (QED) is 0.452. The molecule has 162 valence electrons. The molecule has 29 heavy (non-hydrogen) atoms. The summed E-state index contributed by atoms with van der Waals surface area (Å²) >= 11 is 0. The van der Waals surface area contributed by atoms with Crippen LogP contribution in [0.2, 0.25) is 0 Å². The fraction of sp³-hybridized carbons (Fsp3) is 0.600. The molecule has 1 fully saturated rings. The first-order valence-corrected chi connectivity index (χ1v) is 11.4. The molecule has 2 rings (SSSR count). The van der Waals surface area contributed by atoms with E-state index in [4.69, 9.17) is 4.74 Å². The number of rotatable bonds is 10. The van der Waals surface area contributed by atoms with Gasteiger partial charge in [-0.1, -0.05) is 19.4 Å². The van der Waals surface area contributed by atoms with Gasteiger partial charge < -0.3 is 14.8 Å². The monoisotopic (exact) mass is 426 g/mol. The average molecular weight is 427 g/mol. The van der Waals surface area contributed by atoms with Gasteiger partial charge in [-0.05, 0) is 37.0 Å². The number of esters is 1. The number of carbonyl (C=O) groups excluding carboxylic acids is 2. The van der Waals surface area contributed by atoms with Crippen LogP contribution in [0.25, 0.3) is 0 Å². The van der Waals surface area contributed by atoms with Crippen LogP contribution in [0, 0.1) is 0 Å². The number of sulfonamides is 1. The predicted molar refractivity (Wildman–Crippen MR) is 108 cm³/mol. The Morgan fingerprint density at radius 3 is 2.55 bits per heavy atom. The van der Waals surface area contributed by atoms with Gasteiger partial charge in [-0.25, -0.2) is 8.42 Å². The topological polar surface area (TPSA) is 102 Å². The van der Waals surface area contributed by atoms with Crippen LogP contribution >= 0.6 is 0 Å². The van der Waals surface area contributed by atoms with Crippen LogP contribution in [0.4, 0.5) is 0 Å². The Morgan fingerprint density at radius 1 is 1.17 bits per heavy atom. The van der Waals surface area contributed by atoms with E-state index in [9.17, 15) is 18.0 Å². The third-order valence-corrected chi connectivity index (χ3v) is 6.85. The van der Waals surface area contributed by atoms with Crippen molar-refractivity contribution in [3.8, 4) is 0 Å². The minimum absolute atomic E-state index is 0.188. The maximum Gasteiger partial charge on any atom is 0.305 e. The van der Waals surface area contributed by atoms with Crippen LogP contribution in [0.3, 0.4) is 0 Å². The molecular formula is C20H30N2O6S. The summed E-state index contributed by atoms with van der Waals surface area (Å²) in [6.07, 6.45) is 3.15. The molecule has 1 aromatic carbocycles. The largest absolute Gasteiger partial charge is 0.469 e. The van der Waals surface area contributed by atoms with Crippen LogP contribution in [0.1, 0.15) is 48.5 Å². The highest BCUT2D eigenvalue weighted by Gasteiger charge is 2.29. The van der Waals surface area contributed by atoms with Crippen LogP contribution in [-0.2, 0) is 30.7 Å². The third-order valence-electron chi connectivity index (χ3n) is 4.87. The molecule has 1 heterocycles. The van der Waals surface area contributed by atoms with E-state index in [2.05, 4.69) is 10.1 Å². The van der Waals surface area contributed by atoms with E-state index in [1.807, 2.05) is 6.92 Å². The first kappa shape index (κ1) is 23.3. The number of hydrogen-bond acceptors (Lipinski definition) is 6. The summed E-state index contributed by atoms with van der Waals surface area (Å²) in [5.74, 6) is -0.543. The number of nitrogens with zero attached hydrogens (tertiary/aromatic N) is 1. The normalized spacial score (nSPS) is 15.1. The molecule has 1 aliphatic rings. The molecule has 0 bridgehead atoms. The highest BCUT2D eigenvalue weighted by molar-refractivity contribution is 7.89. The number of methoxy groups -OCH3 is 1. The van der Waals surface area contributed by atoms with Crippen molar-refractivity contribution in [3.05, 3.63) is 29.3 Å². The van der Waals surface area contributed by atoms with E-state index in [1.54, 1.807) is 12.1 Å². The number of benzene rings is 1. The number of hydrogen-bond donors (Lipinski definition) is 1. The van der Waals surface area contributed by atoms with Crippen molar-refractivity contribution in [1.82, 2.24) is 9.62 Å². The number of morpholine rings is 1. The standard InChI is InChI=1S/C20H30N2O6S/c1-3-16-8-9-17(20(24)21-10-6-4-5-7-19(23)27-2)15-18(16)29(25,26)22-11-13-28-14-12-22/h8-9,15H,3-7,10-14H2,1-2H3,(H,21,24). The van der Waals surface area contributed by atoms with Crippen LogP contribution in [0.15, 0.2) is 23.1 Å². The van der Waals surface area contributed by atoms with E-state index in [0.29, 0.717) is 63.2 Å². The van der Waals surface area contributed by atoms with Gasteiger partial charge in [0.15, 0.2) is 0 Å². The van der Waals surface area contributed by atoms with Gasteiger partial charge >= 0.3 is 5.97 Å². The molecule has 1 aliphatic heterocycles. The van der Waals surface area contributed by atoms with Gasteiger partial charge in [-0.15, -0.1) is 0 Å². The zero-order valence-electron chi connectivity index (χ0n) is 17.1. The van der Waals surface area contributed by atoms with Crippen molar-refractivity contribution in [2.75, 3.05) is 40.0 Å². The van der Waals surface area contributed by atoms with E-state index < -0.39 is 10.0 Å². The Kier molecular flexibility index (Phi) is 9.06. The fourth-order valence-corrected chi connectivity index (χ4v) is 4.86. The summed E-state index contributed by atoms with van der Waals surface area (Å²) in [4.78, 5) is 23.7. The number of ether oxygens (including phenoxy) is 2. The molecule has 0 radical (unpaired) electrons. The molecular weight excluding hydrogens is 396 g/mol. The Balaban J connectivity index is 2.00. The second kappa shape index (κ2) is 11.3. The zero-order valence-corrected chi connectivity index (χ0v) is 17.9. The van der Waals surface area contributed by atoms with Crippen LogP contribution < -0.4 is 5.32 Å². The molecule has 0 atom stereocenters. The maximum atomic E-state index is 13.1. The Bertz CT molecular complexity index is 803. The van der Waals surface area contributed by atoms with Crippen molar-refractivity contribution >= 4 is 21.9 Å². The lowest BCUT2D eigenvalue weighted by Crippen LogP contribution is -2.41. The summed E-state index contributed by atoms with van der Waals surface area (Å²) < 4.78 is 37.4. The molecule has 1 amide bonds. The summed E-state index contributed by atoms with van der Waals surface area (Å²) in [7, 11) is -2.31. The highest BCUT2D eigenvalue weighted by atomic mass is 32.2. The fourth-order valence-electron chi connectivity index (χ4n) is 3.13. The molecule has 1 N–H and O–H groups in total. The molecule has 1 aromatic rings. The lowest BCUT2D eigenvalue weighted by atomic mass is 10.1. The second-order valence-electron chi connectivity index (χ2n) is 6.84. The van der Waals surface area contributed by atoms with Gasteiger partial charge in [0.25, 0.3) is 5.91 Å². The van der Waals surface area contributed by atoms with Crippen molar-refractivity contribution in [3.63, 3.8) is 0 Å². The Hall–Kier alpha value is -1.97. The smallest absolute Gasteiger partial charge is 0.305 e. The van der Waals surface area contributed by atoms with Crippen molar-refractivity contribution in [2.24, 2.45) is 0 Å². The van der Waals surface area contributed by atoms with Gasteiger partial charge in [-0.2, -0.15) is 4.31 Å². The van der Waals surface area contributed by atoms with E-state index >= 15 is 0 Å². The number of unbranched alkanes of at least 4 members (excludes halogenated alkanes) is 2. The maximum absolute atomic E-state index is 13.1.